The monoisotopic (exact) mass is 235 g/mol. The van der Waals surface area contributed by atoms with Crippen molar-refractivity contribution in [1.82, 2.24) is 5.32 Å². The fourth-order valence-electron chi connectivity index (χ4n) is 2.35. The van der Waals surface area contributed by atoms with Crippen LogP contribution in [0.3, 0.4) is 0 Å². The lowest BCUT2D eigenvalue weighted by molar-refractivity contribution is -0.0582. The molecule has 0 bridgehead atoms. The molecular formula is C14H21NO2. The standard InChI is InChI=1S/C14H21NO2/c1-4-17-13-6-5-12(7-11(13)2)14(8-15-3)9-16-10-14/h5-7,15H,4,8-10H2,1-3H3. The van der Waals surface area contributed by atoms with Crippen LogP contribution in [-0.4, -0.2) is 33.4 Å². The number of aryl methyl sites for hydroxylation is 1. The summed E-state index contributed by atoms with van der Waals surface area (Å²) in [6.07, 6.45) is 0. The molecule has 0 spiro atoms. The zero-order chi connectivity index (χ0) is 12.3. The van der Waals surface area contributed by atoms with E-state index in [1.807, 2.05) is 14.0 Å². The Bertz CT molecular complexity index is 386. The summed E-state index contributed by atoms with van der Waals surface area (Å²) in [5, 5.41) is 3.26. The van der Waals surface area contributed by atoms with Gasteiger partial charge < -0.3 is 14.8 Å². The van der Waals surface area contributed by atoms with Gasteiger partial charge in [0.15, 0.2) is 0 Å². The van der Waals surface area contributed by atoms with Crippen LogP contribution in [0.25, 0.3) is 0 Å². The molecule has 2 rings (SSSR count). The molecule has 1 aromatic rings. The SMILES string of the molecule is CCOc1ccc(C2(CNC)COC2)cc1C. The smallest absolute Gasteiger partial charge is 0.122 e. The molecule has 94 valence electrons. The van der Waals surface area contributed by atoms with Crippen LogP contribution in [0.15, 0.2) is 18.2 Å². The lowest BCUT2D eigenvalue weighted by Crippen LogP contribution is -2.52. The first kappa shape index (κ1) is 12.4. The third-order valence-corrected chi connectivity index (χ3v) is 3.36. The fraction of sp³-hybridized carbons (Fsp3) is 0.571. The minimum absolute atomic E-state index is 0.157. The van der Waals surface area contributed by atoms with Crippen molar-refractivity contribution >= 4 is 0 Å². The second kappa shape index (κ2) is 5.07. The quantitative estimate of drug-likeness (QED) is 0.845. The highest BCUT2D eigenvalue weighted by Gasteiger charge is 2.39. The van der Waals surface area contributed by atoms with Gasteiger partial charge in [0.25, 0.3) is 0 Å². The maximum absolute atomic E-state index is 5.57. The van der Waals surface area contributed by atoms with Gasteiger partial charge in [0.1, 0.15) is 5.75 Å². The molecule has 0 unspecified atom stereocenters. The summed E-state index contributed by atoms with van der Waals surface area (Å²) in [7, 11) is 1.99. The molecule has 0 saturated carbocycles. The van der Waals surface area contributed by atoms with Crippen LogP contribution in [-0.2, 0) is 10.2 Å². The Balaban J connectivity index is 2.24. The van der Waals surface area contributed by atoms with Crippen molar-refractivity contribution in [3.63, 3.8) is 0 Å². The molecule has 1 saturated heterocycles. The van der Waals surface area contributed by atoms with Crippen molar-refractivity contribution in [3.05, 3.63) is 29.3 Å². The molecule has 0 radical (unpaired) electrons. The van der Waals surface area contributed by atoms with Crippen LogP contribution in [0.4, 0.5) is 0 Å². The Morgan fingerprint density at radius 1 is 1.41 bits per heavy atom. The first-order valence-electron chi connectivity index (χ1n) is 6.18. The molecule has 1 heterocycles. The van der Waals surface area contributed by atoms with Gasteiger partial charge in [-0.3, -0.25) is 0 Å². The Morgan fingerprint density at radius 2 is 2.18 bits per heavy atom. The molecule has 3 nitrogen and oxygen atoms in total. The minimum Gasteiger partial charge on any atom is -0.494 e. The molecule has 17 heavy (non-hydrogen) atoms. The third kappa shape index (κ3) is 2.31. The van der Waals surface area contributed by atoms with Gasteiger partial charge >= 0.3 is 0 Å². The van der Waals surface area contributed by atoms with E-state index < -0.39 is 0 Å². The number of nitrogens with one attached hydrogen (secondary N) is 1. The van der Waals surface area contributed by atoms with Crippen molar-refractivity contribution < 1.29 is 9.47 Å². The summed E-state index contributed by atoms with van der Waals surface area (Å²) in [6, 6.07) is 6.46. The van der Waals surface area contributed by atoms with Crippen molar-refractivity contribution in [3.8, 4) is 5.75 Å². The van der Waals surface area contributed by atoms with Gasteiger partial charge in [-0.1, -0.05) is 12.1 Å². The van der Waals surface area contributed by atoms with E-state index in [4.69, 9.17) is 9.47 Å². The molecule has 0 atom stereocenters. The number of ether oxygens (including phenoxy) is 2. The van der Waals surface area contributed by atoms with Crippen LogP contribution in [0.1, 0.15) is 18.1 Å². The van der Waals surface area contributed by atoms with E-state index in [1.54, 1.807) is 0 Å². The predicted molar refractivity (Wildman–Crippen MR) is 68.8 cm³/mol. The van der Waals surface area contributed by atoms with Crippen molar-refractivity contribution in [2.75, 3.05) is 33.4 Å². The van der Waals surface area contributed by atoms with E-state index in [0.29, 0.717) is 6.61 Å². The van der Waals surface area contributed by atoms with Crippen LogP contribution in [0.5, 0.6) is 5.75 Å². The Kier molecular flexibility index (Phi) is 3.69. The summed E-state index contributed by atoms with van der Waals surface area (Å²) < 4.78 is 11.0. The van der Waals surface area contributed by atoms with Gasteiger partial charge in [0.2, 0.25) is 0 Å². The van der Waals surface area contributed by atoms with Crippen LogP contribution in [0.2, 0.25) is 0 Å². The average molecular weight is 235 g/mol. The van der Waals surface area contributed by atoms with Gasteiger partial charge in [-0.05, 0) is 38.1 Å². The number of benzene rings is 1. The Labute approximate surface area is 103 Å². The van der Waals surface area contributed by atoms with Crippen molar-refractivity contribution in [2.24, 2.45) is 0 Å². The minimum atomic E-state index is 0.157. The molecule has 1 aliphatic rings. The maximum Gasteiger partial charge on any atom is 0.122 e. The summed E-state index contributed by atoms with van der Waals surface area (Å²) >= 11 is 0. The molecular weight excluding hydrogens is 214 g/mol. The third-order valence-electron chi connectivity index (χ3n) is 3.36. The lowest BCUT2D eigenvalue weighted by atomic mass is 9.78. The highest BCUT2D eigenvalue weighted by molar-refractivity contribution is 5.40. The average Bonchev–Trinajstić information content (AvgIpc) is 2.27. The second-order valence-corrected chi connectivity index (χ2v) is 4.72. The summed E-state index contributed by atoms with van der Waals surface area (Å²) in [5.41, 5.74) is 2.70. The van der Waals surface area contributed by atoms with E-state index in [0.717, 1.165) is 25.5 Å². The fourth-order valence-corrected chi connectivity index (χ4v) is 2.35. The lowest BCUT2D eigenvalue weighted by Gasteiger charge is -2.42. The zero-order valence-corrected chi connectivity index (χ0v) is 10.9. The first-order chi connectivity index (χ1) is 8.22. The van der Waals surface area contributed by atoms with E-state index in [9.17, 15) is 0 Å². The van der Waals surface area contributed by atoms with Gasteiger partial charge in [-0.2, -0.15) is 0 Å². The Hall–Kier alpha value is -1.06. The molecule has 0 aliphatic carbocycles. The van der Waals surface area contributed by atoms with Crippen molar-refractivity contribution in [2.45, 2.75) is 19.3 Å². The largest absolute Gasteiger partial charge is 0.494 e. The highest BCUT2D eigenvalue weighted by Crippen LogP contribution is 2.34. The summed E-state index contributed by atoms with van der Waals surface area (Å²) in [4.78, 5) is 0. The number of hydrogen-bond acceptors (Lipinski definition) is 3. The second-order valence-electron chi connectivity index (χ2n) is 4.72. The topological polar surface area (TPSA) is 30.5 Å². The summed E-state index contributed by atoms with van der Waals surface area (Å²) in [6.45, 7) is 7.39. The molecule has 1 aliphatic heterocycles. The van der Waals surface area contributed by atoms with E-state index >= 15 is 0 Å². The maximum atomic E-state index is 5.57. The summed E-state index contributed by atoms with van der Waals surface area (Å²) in [5.74, 6) is 0.982. The molecule has 0 amide bonds. The van der Waals surface area contributed by atoms with E-state index in [-0.39, 0.29) is 5.41 Å². The highest BCUT2D eigenvalue weighted by atomic mass is 16.5. The molecule has 1 fully saturated rings. The zero-order valence-electron chi connectivity index (χ0n) is 10.9. The first-order valence-corrected chi connectivity index (χ1v) is 6.18. The molecule has 0 aromatic heterocycles. The Morgan fingerprint density at radius 3 is 2.65 bits per heavy atom. The van der Waals surface area contributed by atoms with E-state index in [2.05, 4.69) is 30.4 Å². The van der Waals surface area contributed by atoms with Crippen LogP contribution in [0, 0.1) is 6.92 Å². The van der Waals surface area contributed by atoms with Gasteiger partial charge in [0.05, 0.1) is 25.2 Å². The molecule has 1 aromatic carbocycles. The van der Waals surface area contributed by atoms with Crippen LogP contribution < -0.4 is 10.1 Å². The normalized spacial score (nSPS) is 17.6. The molecule has 3 heteroatoms. The van der Waals surface area contributed by atoms with Crippen molar-refractivity contribution in [1.29, 1.82) is 0 Å². The van der Waals surface area contributed by atoms with Gasteiger partial charge in [-0.15, -0.1) is 0 Å². The predicted octanol–water partition coefficient (Wildman–Crippen LogP) is 1.88. The molecule has 1 N–H and O–H groups in total. The number of rotatable bonds is 5. The number of likely N-dealkylation sites (N-methyl/N-ethyl adjacent to an activating group) is 1. The van der Waals surface area contributed by atoms with Crippen LogP contribution >= 0.6 is 0 Å². The van der Waals surface area contributed by atoms with Gasteiger partial charge in [-0.25, -0.2) is 0 Å². The van der Waals surface area contributed by atoms with E-state index in [1.165, 1.54) is 11.1 Å². The number of hydrogen-bond donors (Lipinski definition) is 1. The van der Waals surface area contributed by atoms with Gasteiger partial charge in [0, 0.05) is 6.54 Å².